The monoisotopic (exact) mass is 256 g/mol. The van der Waals surface area contributed by atoms with Crippen molar-refractivity contribution in [3.63, 3.8) is 0 Å². The molecule has 1 N–H and O–H groups in total. The van der Waals surface area contributed by atoms with Gasteiger partial charge in [0.1, 0.15) is 11.6 Å². The van der Waals surface area contributed by atoms with E-state index in [0.717, 1.165) is 17.0 Å². The van der Waals surface area contributed by atoms with Gasteiger partial charge in [-0.25, -0.2) is 4.39 Å². The van der Waals surface area contributed by atoms with E-state index < -0.39 is 5.82 Å². The number of halogens is 1. The Kier molecular flexibility index (Phi) is 3.67. The second-order valence-electron chi connectivity index (χ2n) is 4.15. The van der Waals surface area contributed by atoms with Crippen LogP contribution in [0.5, 0.6) is 5.75 Å². The van der Waals surface area contributed by atoms with Crippen molar-refractivity contribution in [3.05, 3.63) is 53.3 Å². The van der Waals surface area contributed by atoms with E-state index in [1.165, 1.54) is 12.1 Å². The molecule has 4 heteroatoms. The number of nitriles is 1. The van der Waals surface area contributed by atoms with Gasteiger partial charge in [-0.1, -0.05) is 0 Å². The number of benzene rings is 2. The minimum absolute atomic E-state index is 0.286. The van der Waals surface area contributed by atoms with Crippen molar-refractivity contribution in [2.45, 2.75) is 6.92 Å². The van der Waals surface area contributed by atoms with Crippen LogP contribution in [-0.4, -0.2) is 7.11 Å². The van der Waals surface area contributed by atoms with Gasteiger partial charge in [0.25, 0.3) is 0 Å². The maximum atomic E-state index is 13.3. The van der Waals surface area contributed by atoms with Crippen molar-refractivity contribution in [2.75, 3.05) is 12.4 Å². The molecule has 0 atom stereocenters. The van der Waals surface area contributed by atoms with Crippen molar-refractivity contribution < 1.29 is 9.13 Å². The summed E-state index contributed by atoms with van der Waals surface area (Å²) in [5.41, 5.74) is 2.65. The molecule has 0 radical (unpaired) electrons. The van der Waals surface area contributed by atoms with Gasteiger partial charge >= 0.3 is 0 Å². The van der Waals surface area contributed by atoms with Crippen LogP contribution >= 0.6 is 0 Å². The normalized spacial score (nSPS) is 9.79. The summed E-state index contributed by atoms with van der Waals surface area (Å²) in [6.07, 6.45) is 0. The van der Waals surface area contributed by atoms with Gasteiger partial charge in [0.2, 0.25) is 0 Å². The van der Waals surface area contributed by atoms with E-state index in [1.807, 2.05) is 31.2 Å². The van der Waals surface area contributed by atoms with Crippen LogP contribution in [0.25, 0.3) is 0 Å². The zero-order chi connectivity index (χ0) is 13.8. The molecule has 0 spiro atoms. The van der Waals surface area contributed by atoms with Gasteiger partial charge in [-0.15, -0.1) is 0 Å². The average molecular weight is 256 g/mol. The fourth-order valence-corrected chi connectivity index (χ4v) is 1.79. The lowest BCUT2D eigenvalue weighted by Gasteiger charge is -2.11. The number of nitrogens with one attached hydrogen (secondary N) is 1. The highest BCUT2D eigenvalue weighted by molar-refractivity contribution is 5.65. The first-order valence-corrected chi connectivity index (χ1v) is 5.75. The Morgan fingerprint density at radius 1 is 1.21 bits per heavy atom. The van der Waals surface area contributed by atoms with E-state index in [0.29, 0.717) is 5.69 Å². The Balaban J connectivity index is 2.31. The Labute approximate surface area is 111 Å². The highest BCUT2D eigenvalue weighted by Gasteiger charge is 2.04. The molecular formula is C15H13FN2O. The molecular weight excluding hydrogens is 243 g/mol. The molecule has 0 unspecified atom stereocenters. The van der Waals surface area contributed by atoms with Crippen molar-refractivity contribution in [1.82, 2.24) is 0 Å². The van der Waals surface area contributed by atoms with E-state index >= 15 is 0 Å². The van der Waals surface area contributed by atoms with Gasteiger partial charge in [-0.3, -0.25) is 0 Å². The van der Waals surface area contributed by atoms with Gasteiger partial charge in [0.05, 0.1) is 18.7 Å². The van der Waals surface area contributed by atoms with Crippen LogP contribution in [0.15, 0.2) is 36.4 Å². The number of anilines is 2. The standard InChI is InChI=1S/C15H13FN2O/c1-10-5-14(19-2)3-4-15(10)18-13-7-11(9-17)6-12(16)8-13/h3-8,18H,1-2H3. The summed E-state index contributed by atoms with van der Waals surface area (Å²) in [7, 11) is 1.60. The average Bonchev–Trinajstić information content (AvgIpc) is 2.40. The SMILES string of the molecule is COc1ccc(Nc2cc(F)cc(C#N)c2)c(C)c1. The number of aryl methyl sites for hydroxylation is 1. The third kappa shape index (κ3) is 3.02. The third-order valence-corrected chi connectivity index (χ3v) is 2.74. The molecule has 3 nitrogen and oxygen atoms in total. The lowest BCUT2D eigenvalue weighted by Crippen LogP contribution is -1.95. The van der Waals surface area contributed by atoms with Crippen molar-refractivity contribution in [2.24, 2.45) is 0 Å². The van der Waals surface area contributed by atoms with Crippen molar-refractivity contribution in [1.29, 1.82) is 5.26 Å². The van der Waals surface area contributed by atoms with Gasteiger partial charge in [-0.05, 0) is 48.9 Å². The molecule has 0 saturated carbocycles. The van der Waals surface area contributed by atoms with Crippen LogP contribution in [0.4, 0.5) is 15.8 Å². The van der Waals surface area contributed by atoms with Crippen LogP contribution in [0.1, 0.15) is 11.1 Å². The summed E-state index contributed by atoms with van der Waals surface area (Å²) in [6, 6.07) is 11.6. The van der Waals surface area contributed by atoms with Crippen molar-refractivity contribution in [3.8, 4) is 11.8 Å². The first-order chi connectivity index (χ1) is 9.12. The quantitative estimate of drug-likeness (QED) is 0.909. The molecule has 0 saturated heterocycles. The summed E-state index contributed by atoms with van der Waals surface area (Å²) >= 11 is 0. The smallest absolute Gasteiger partial charge is 0.126 e. The van der Waals surface area contributed by atoms with Crippen LogP contribution < -0.4 is 10.1 Å². The lowest BCUT2D eigenvalue weighted by molar-refractivity contribution is 0.414. The summed E-state index contributed by atoms with van der Waals surface area (Å²) in [5.74, 6) is 0.327. The lowest BCUT2D eigenvalue weighted by atomic mass is 10.1. The number of ether oxygens (including phenoxy) is 1. The predicted octanol–water partition coefficient (Wildman–Crippen LogP) is 3.76. The minimum atomic E-state index is -0.437. The number of rotatable bonds is 3. The third-order valence-electron chi connectivity index (χ3n) is 2.74. The molecule has 0 heterocycles. The van der Waals surface area contributed by atoms with Crippen LogP contribution in [0, 0.1) is 24.1 Å². The molecule has 0 aromatic heterocycles. The van der Waals surface area contributed by atoms with Crippen molar-refractivity contribution >= 4 is 11.4 Å². The number of nitrogens with zero attached hydrogens (tertiary/aromatic N) is 1. The van der Waals surface area contributed by atoms with E-state index in [4.69, 9.17) is 10.00 Å². The van der Waals surface area contributed by atoms with E-state index in [1.54, 1.807) is 13.2 Å². The van der Waals surface area contributed by atoms with Crippen LogP contribution in [-0.2, 0) is 0 Å². The van der Waals surface area contributed by atoms with Crippen LogP contribution in [0.2, 0.25) is 0 Å². The van der Waals surface area contributed by atoms with E-state index in [2.05, 4.69) is 5.32 Å². The molecule has 0 aliphatic carbocycles. The Morgan fingerprint density at radius 2 is 2.00 bits per heavy atom. The summed E-state index contributed by atoms with van der Waals surface area (Å²) in [6.45, 7) is 1.93. The summed E-state index contributed by atoms with van der Waals surface area (Å²) in [4.78, 5) is 0. The number of hydrogen-bond acceptors (Lipinski definition) is 3. The second kappa shape index (κ2) is 5.40. The van der Waals surface area contributed by atoms with E-state index in [-0.39, 0.29) is 5.56 Å². The Morgan fingerprint density at radius 3 is 2.63 bits per heavy atom. The molecule has 0 aliphatic rings. The minimum Gasteiger partial charge on any atom is -0.497 e. The fraction of sp³-hybridized carbons (Fsp3) is 0.133. The van der Waals surface area contributed by atoms with Gasteiger partial charge in [-0.2, -0.15) is 5.26 Å². The highest BCUT2D eigenvalue weighted by Crippen LogP contribution is 2.25. The second-order valence-corrected chi connectivity index (χ2v) is 4.15. The maximum absolute atomic E-state index is 13.3. The van der Waals surface area contributed by atoms with E-state index in [9.17, 15) is 4.39 Å². The molecule has 2 aromatic carbocycles. The summed E-state index contributed by atoms with van der Waals surface area (Å²) in [5, 5.41) is 11.9. The molecule has 0 bridgehead atoms. The number of hydrogen-bond donors (Lipinski definition) is 1. The first kappa shape index (κ1) is 12.9. The highest BCUT2D eigenvalue weighted by atomic mass is 19.1. The maximum Gasteiger partial charge on any atom is 0.126 e. The predicted molar refractivity (Wildman–Crippen MR) is 72.1 cm³/mol. The molecule has 96 valence electrons. The Bertz CT molecular complexity index is 647. The number of methoxy groups -OCH3 is 1. The molecule has 0 amide bonds. The molecule has 2 rings (SSSR count). The first-order valence-electron chi connectivity index (χ1n) is 5.75. The summed E-state index contributed by atoms with van der Waals surface area (Å²) < 4.78 is 18.5. The van der Waals surface area contributed by atoms with Crippen LogP contribution in [0.3, 0.4) is 0 Å². The van der Waals surface area contributed by atoms with Gasteiger partial charge < -0.3 is 10.1 Å². The topological polar surface area (TPSA) is 45.0 Å². The Hall–Kier alpha value is -2.54. The molecule has 0 fully saturated rings. The fourth-order valence-electron chi connectivity index (χ4n) is 1.79. The zero-order valence-electron chi connectivity index (χ0n) is 10.7. The largest absolute Gasteiger partial charge is 0.497 e. The molecule has 2 aromatic rings. The zero-order valence-corrected chi connectivity index (χ0v) is 10.7. The molecule has 19 heavy (non-hydrogen) atoms. The molecule has 0 aliphatic heterocycles. The van der Waals surface area contributed by atoms with Gasteiger partial charge in [0, 0.05) is 11.4 Å². The van der Waals surface area contributed by atoms with Gasteiger partial charge in [0.15, 0.2) is 0 Å².